The van der Waals surface area contributed by atoms with Crippen LogP contribution in [-0.2, 0) is 0 Å². The summed E-state index contributed by atoms with van der Waals surface area (Å²) in [5.74, 6) is 0. The number of nitriles is 1. The lowest BCUT2D eigenvalue weighted by atomic mass is 9.94. The lowest BCUT2D eigenvalue weighted by Gasteiger charge is -2.09. The number of benzene rings is 4. The smallest absolute Gasteiger partial charge is 0.0998 e. The molecule has 0 aliphatic rings. The van der Waals surface area contributed by atoms with Crippen molar-refractivity contribution in [1.82, 2.24) is 0 Å². The van der Waals surface area contributed by atoms with Crippen LogP contribution in [0.1, 0.15) is 11.1 Å². The first-order chi connectivity index (χ1) is 12.3. The quantitative estimate of drug-likeness (QED) is 0.422. The molecule has 1 heteroatoms. The van der Waals surface area contributed by atoms with Crippen LogP contribution >= 0.6 is 0 Å². The number of rotatable bonds is 2. The second kappa shape index (κ2) is 6.26. The van der Waals surface area contributed by atoms with E-state index < -0.39 is 0 Å². The molecule has 4 aromatic rings. The van der Waals surface area contributed by atoms with E-state index >= 15 is 0 Å². The molecule has 0 heterocycles. The van der Waals surface area contributed by atoms with Crippen molar-refractivity contribution >= 4 is 10.8 Å². The molecule has 0 bridgehead atoms. The summed E-state index contributed by atoms with van der Waals surface area (Å²) in [7, 11) is 0. The highest BCUT2D eigenvalue weighted by atomic mass is 14.2. The van der Waals surface area contributed by atoms with E-state index in [9.17, 15) is 5.26 Å². The summed E-state index contributed by atoms with van der Waals surface area (Å²) in [6.45, 7) is 2.10. The van der Waals surface area contributed by atoms with E-state index in [1.807, 2.05) is 30.3 Å². The van der Waals surface area contributed by atoms with Crippen molar-refractivity contribution in [1.29, 1.82) is 5.26 Å². The zero-order chi connectivity index (χ0) is 17.2. The van der Waals surface area contributed by atoms with Crippen LogP contribution in [0.15, 0.2) is 84.9 Å². The summed E-state index contributed by atoms with van der Waals surface area (Å²) in [5, 5.41) is 11.4. The zero-order valence-corrected chi connectivity index (χ0v) is 14.0. The van der Waals surface area contributed by atoms with E-state index in [-0.39, 0.29) is 0 Å². The van der Waals surface area contributed by atoms with Gasteiger partial charge in [0.05, 0.1) is 11.6 Å². The number of nitrogens with zero attached hydrogens (tertiary/aromatic N) is 1. The maximum Gasteiger partial charge on any atom is 0.0998 e. The summed E-state index contributed by atoms with van der Waals surface area (Å²) in [4.78, 5) is 0. The topological polar surface area (TPSA) is 23.8 Å². The number of hydrogen-bond acceptors (Lipinski definition) is 1. The molecule has 25 heavy (non-hydrogen) atoms. The van der Waals surface area contributed by atoms with Crippen molar-refractivity contribution in [3.05, 3.63) is 96.1 Å². The van der Waals surface area contributed by atoms with Crippen LogP contribution in [0.5, 0.6) is 0 Å². The van der Waals surface area contributed by atoms with Gasteiger partial charge < -0.3 is 0 Å². The third kappa shape index (κ3) is 2.79. The van der Waals surface area contributed by atoms with Gasteiger partial charge in [0, 0.05) is 5.39 Å². The Bertz CT molecular complexity index is 1080. The Morgan fingerprint density at radius 2 is 1.16 bits per heavy atom. The molecule has 0 atom stereocenters. The van der Waals surface area contributed by atoms with Gasteiger partial charge in [-0.25, -0.2) is 0 Å². The molecule has 0 saturated carbocycles. The predicted molar refractivity (Wildman–Crippen MR) is 104 cm³/mol. The van der Waals surface area contributed by atoms with E-state index in [1.54, 1.807) is 0 Å². The summed E-state index contributed by atoms with van der Waals surface area (Å²) in [5.41, 5.74) is 6.74. The van der Waals surface area contributed by atoms with E-state index in [0.717, 1.165) is 27.5 Å². The van der Waals surface area contributed by atoms with Crippen LogP contribution in [0.2, 0.25) is 0 Å². The molecule has 0 aliphatic heterocycles. The maximum absolute atomic E-state index is 9.33. The van der Waals surface area contributed by atoms with Crippen LogP contribution in [-0.4, -0.2) is 0 Å². The SMILES string of the molecule is Cc1ccc(-c2ccc(-c3ccc(C#N)c4ccccc34)cc2)cc1. The van der Waals surface area contributed by atoms with Gasteiger partial charge in [0.15, 0.2) is 0 Å². The fraction of sp³-hybridized carbons (Fsp3) is 0.0417. The van der Waals surface area contributed by atoms with Gasteiger partial charge in [0.2, 0.25) is 0 Å². The first-order valence-corrected chi connectivity index (χ1v) is 8.35. The molecule has 0 unspecified atom stereocenters. The molecule has 4 aromatic carbocycles. The average Bonchev–Trinajstić information content (AvgIpc) is 2.68. The number of hydrogen-bond donors (Lipinski definition) is 0. The van der Waals surface area contributed by atoms with Crippen molar-refractivity contribution in [3.8, 4) is 28.3 Å². The summed E-state index contributed by atoms with van der Waals surface area (Å²) in [6, 6.07) is 31.5. The lowest BCUT2D eigenvalue weighted by molar-refractivity contribution is 1.47. The van der Waals surface area contributed by atoms with Crippen molar-refractivity contribution in [2.45, 2.75) is 6.92 Å². The van der Waals surface area contributed by atoms with E-state index in [4.69, 9.17) is 0 Å². The normalized spacial score (nSPS) is 10.6. The minimum Gasteiger partial charge on any atom is -0.192 e. The molecule has 0 aliphatic carbocycles. The van der Waals surface area contributed by atoms with Crippen LogP contribution < -0.4 is 0 Å². The predicted octanol–water partition coefficient (Wildman–Crippen LogP) is 6.35. The first-order valence-electron chi connectivity index (χ1n) is 8.35. The molecular weight excluding hydrogens is 302 g/mol. The van der Waals surface area contributed by atoms with Gasteiger partial charge in [-0.1, -0.05) is 84.4 Å². The van der Waals surface area contributed by atoms with Crippen molar-refractivity contribution < 1.29 is 0 Å². The van der Waals surface area contributed by atoms with Crippen molar-refractivity contribution in [3.63, 3.8) is 0 Å². The Kier molecular flexibility index (Phi) is 3.80. The van der Waals surface area contributed by atoms with E-state index in [1.165, 1.54) is 16.7 Å². The van der Waals surface area contributed by atoms with Gasteiger partial charge in [-0.05, 0) is 40.6 Å². The van der Waals surface area contributed by atoms with Crippen LogP contribution in [0, 0.1) is 18.3 Å². The van der Waals surface area contributed by atoms with E-state index in [2.05, 4.69) is 67.6 Å². The fourth-order valence-electron chi connectivity index (χ4n) is 3.24. The van der Waals surface area contributed by atoms with Gasteiger partial charge in [-0.15, -0.1) is 0 Å². The van der Waals surface area contributed by atoms with Gasteiger partial charge in [-0.2, -0.15) is 5.26 Å². The number of aryl methyl sites for hydroxylation is 1. The molecule has 0 amide bonds. The summed E-state index contributed by atoms with van der Waals surface area (Å²) < 4.78 is 0. The maximum atomic E-state index is 9.33. The Labute approximate surface area is 147 Å². The Hall–Kier alpha value is -3.37. The first kappa shape index (κ1) is 15.2. The zero-order valence-electron chi connectivity index (χ0n) is 14.0. The highest BCUT2D eigenvalue weighted by molar-refractivity contribution is 5.99. The highest BCUT2D eigenvalue weighted by Crippen LogP contribution is 2.32. The third-order valence-electron chi connectivity index (χ3n) is 4.63. The number of fused-ring (bicyclic) bond motifs is 1. The molecule has 0 N–H and O–H groups in total. The van der Waals surface area contributed by atoms with Crippen LogP contribution in [0.3, 0.4) is 0 Å². The lowest BCUT2D eigenvalue weighted by Crippen LogP contribution is -1.86. The monoisotopic (exact) mass is 319 g/mol. The standard InChI is InChI=1S/C24H17N/c1-17-6-8-18(9-7-17)19-10-12-20(13-11-19)23-15-14-21(16-25)22-4-2-3-5-24(22)23/h2-15H,1H3. The molecule has 0 spiro atoms. The van der Waals surface area contributed by atoms with Crippen molar-refractivity contribution in [2.75, 3.05) is 0 Å². The molecular formula is C24H17N. The Morgan fingerprint density at radius 1 is 0.600 bits per heavy atom. The third-order valence-corrected chi connectivity index (χ3v) is 4.63. The van der Waals surface area contributed by atoms with Gasteiger partial charge in [0.1, 0.15) is 0 Å². The summed E-state index contributed by atoms with van der Waals surface area (Å²) >= 11 is 0. The molecule has 0 radical (unpaired) electrons. The summed E-state index contributed by atoms with van der Waals surface area (Å²) in [6.07, 6.45) is 0. The molecule has 0 saturated heterocycles. The minimum absolute atomic E-state index is 0.718. The van der Waals surface area contributed by atoms with Crippen LogP contribution in [0.25, 0.3) is 33.0 Å². The Morgan fingerprint density at radius 3 is 1.80 bits per heavy atom. The van der Waals surface area contributed by atoms with Gasteiger partial charge >= 0.3 is 0 Å². The molecule has 0 aromatic heterocycles. The minimum atomic E-state index is 0.718. The van der Waals surface area contributed by atoms with Gasteiger partial charge in [0.25, 0.3) is 0 Å². The second-order valence-corrected chi connectivity index (χ2v) is 6.26. The molecule has 0 fully saturated rings. The van der Waals surface area contributed by atoms with Crippen molar-refractivity contribution in [2.24, 2.45) is 0 Å². The highest BCUT2D eigenvalue weighted by Gasteiger charge is 2.07. The largest absolute Gasteiger partial charge is 0.192 e. The van der Waals surface area contributed by atoms with E-state index in [0.29, 0.717) is 0 Å². The average molecular weight is 319 g/mol. The molecule has 1 nitrogen and oxygen atoms in total. The van der Waals surface area contributed by atoms with Crippen LogP contribution in [0.4, 0.5) is 0 Å². The Balaban J connectivity index is 1.80. The second-order valence-electron chi connectivity index (χ2n) is 6.26. The molecule has 118 valence electrons. The van der Waals surface area contributed by atoms with Gasteiger partial charge in [-0.3, -0.25) is 0 Å². The molecule has 4 rings (SSSR count). The fourth-order valence-corrected chi connectivity index (χ4v) is 3.24.